The number of thioether (sulfide) groups is 1. The number of aliphatic carboxylic acids is 1. The molecule has 3 heterocycles. The van der Waals surface area contributed by atoms with Crippen LogP contribution in [0.2, 0.25) is 0 Å². The number of hydrogen-bond donors (Lipinski definition) is 2. The van der Waals surface area contributed by atoms with Crippen LogP contribution in [0.1, 0.15) is 73.6 Å². The van der Waals surface area contributed by atoms with E-state index in [0.29, 0.717) is 32.4 Å². The van der Waals surface area contributed by atoms with Crippen molar-refractivity contribution in [2.24, 2.45) is 23.2 Å². The molecule has 1 spiro atoms. The number of nitrogens with zero attached hydrogens (tertiary/aromatic N) is 2. The standard InChI is InChI=1S/C27H44N2O5S/c1-8-12-29(26(6,7)16-25(3,4)5)23(32)21-27-17(2)15-18(35-27)19(24(33)34)20(27)22(31)28(21)13-10-9-11-14-30/h8,17-21,30H,1,9-16H2,2-7H3,(H,33,34)/t17?,18-,19+,20-,21?,27?/m0/s1. The van der Waals surface area contributed by atoms with E-state index in [1.54, 1.807) is 22.7 Å². The molecule has 3 aliphatic rings. The van der Waals surface area contributed by atoms with E-state index in [1.165, 1.54) is 0 Å². The van der Waals surface area contributed by atoms with Gasteiger partial charge in [0.15, 0.2) is 0 Å². The van der Waals surface area contributed by atoms with Gasteiger partial charge in [0.05, 0.1) is 16.6 Å². The quantitative estimate of drug-likeness (QED) is 0.325. The van der Waals surface area contributed by atoms with Crippen LogP contribution in [0.3, 0.4) is 0 Å². The molecule has 0 radical (unpaired) electrons. The van der Waals surface area contributed by atoms with Crippen LogP contribution in [0.25, 0.3) is 0 Å². The Balaban J connectivity index is 2.06. The first-order valence-corrected chi connectivity index (χ1v) is 13.8. The smallest absolute Gasteiger partial charge is 0.308 e. The first-order valence-electron chi connectivity index (χ1n) is 13.0. The summed E-state index contributed by atoms with van der Waals surface area (Å²) in [5.41, 5.74) is -0.484. The van der Waals surface area contributed by atoms with Crippen LogP contribution >= 0.6 is 11.8 Å². The Morgan fingerprint density at radius 3 is 2.43 bits per heavy atom. The average Bonchev–Trinajstić information content (AvgIpc) is 3.31. The minimum Gasteiger partial charge on any atom is -0.481 e. The second kappa shape index (κ2) is 10.1. The summed E-state index contributed by atoms with van der Waals surface area (Å²) in [7, 11) is 0. The van der Waals surface area contributed by atoms with E-state index in [9.17, 15) is 24.6 Å². The Labute approximate surface area is 214 Å². The van der Waals surface area contributed by atoms with Gasteiger partial charge in [0, 0.05) is 30.5 Å². The molecule has 0 aromatic rings. The fourth-order valence-corrected chi connectivity index (χ4v) is 9.61. The van der Waals surface area contributed by atoms with E-state index in [4.69, 9.17) is 0 Å². The van der Waals surface area contributed by atoms with Crippen molar-refractivity contribution in [1.29, 1.82) is 0 Å². The largest absolute Gasteiger partial charge is 0.481 e. The molecule has 35 heavy (non-hydrogen) atoms. The van der Waals surface area contributed by atoms with Crippen LogP contribution in [0.15, 0.2) is 12.7 Å². The molecular formula is C27H44N2O5S. The maximum atomic E-state index is 14.5. The zero-order valence-corrected chi connectivity index (χ0v) is 23.1. The molecule has 3 saturated heterocycles. The van der Waals surface area contributed by atoms with E-state index < -0.39 is 34.1 Å². The molecule has 2 bridgehead atoms. The highest BCUT2D eigenvalue weighted by Crippen LogP contribution is 2.68. The summed E-state index contributed by atoms with van der Waals surface area (Å²) in [5.74, 6) is -2.58. The molecule has 3 rings (SSSR count). The number of amides is 2. The number of carboxylic acid groups (broad SMARTS) is 1. The number of carboxylic acids is 1. The van der Waals surface area contributed by atoms with Gasteiger partial charge in [-0.15, -0.1) is 18.3 Å². The highest BCUT2D eigenvalue weighted by Gasteiger charge is 2.76. The number of aliphatic hydroxyl groups excluding tert-OH is 1. The van der Waals surface area contributed by atoms with Crippen molar-refractivity contribution in [1.82, 2.24) is 9.80 Å². The Bertz CT molecular complexity index is 853. The minimum atomic E-state index is -0.932. The summed E-state index contributed by atoms with van der Waals surface area (Å²) < 4.78 is -0.726. The number of carbonyl (C=O) groups excluding carboxylic acids is 2. The zero-order valence-electron chi connectivity index (χ0n) is 22.2. The first-order chi connectivity index (χ1) is 16.2. The van der Waals surface area contributed by atoms with E-state index in [0.717, 1.165) is 12.8 Å². The third kappa shape index (κ3) is 4.89. The summed E-state index contributed by atoms with van der Waals surface area (Å²) in [6, 6.07) is -0.692. The lowest BCUT2D eigenvalue weighted by atomic mass is 9.66. The SMILES string of the molecule is C=CCN(C(=O)C1N(CCCCCO)C(=O)[C@@H]2[C@H](C(=O)O)[C@@H]3CC(C)C12S3)C(C)(C)CC(C)(C)C. The molecule has 0 aliphatic carbocycles. The van der Waals surface area contributed by atoms with Crippen molar-refractivity contribution < 1.29 is 24.6 Å². The second-order valence-electron chi connectivity index (χ2n) is 12.5. The van der Waals surface area contributed by atoms with Crippen molar-refractivity contribution >= 4 is 29.5 Å². The van der Waals surface area contributed by atoms with Gasteiger partial charge in [0.25, 0.3) is 0 Å². The van der Waals surface area contributed by atoms with Gasteiger partial charge in [0.1, 0.15) is 6.04 Å². The Kier molecular flexibility index (Phi) is 8.07. The van der Waals surface area contributed by atoms with Gasteiger partial charge >= 0.3 is 5.97 Å². The van der Waals surface area contributed by atoms with Crippen molar-refractivity contribution in [3.8, 4) is 0 Å². The van der Waals surface area contributed by atoms with Crippen LogP contribution in [0.5, 0.6) is 0 Å². The Hall–Kier alpha value is -1.54. The number of unbranched alkanes of at least 4 members (excludes halogenated alkanes) is 2. The van der Waals surface area contributed by atoms with Gasteiger partial charge in [-0.1, -0.05) is 33.8 Å². The zero-order chi connectivity index (χ0) is 26.3. The fraction of sp³-hybridized carbons (Fsp3) is 0.815. The monoisotopic (exact) mass is 508 g/mol. The van der Waals surface area contributed by atoms with Crippen molar-refractivity contribution in [3.63, 3.8) is 0 Å². The number of rotatable bonds is 11. The molecule has 6 atom stereocenters. The van der Waals surface area contributed by atoms with Crippen LogP contribution in [0, 0.1) is 23.2 Å². The number of aliphatic hydroxyl groups is 1. The molecule has 0 aromatic carbocycles. The van der Waals surface area contributed by atoms with Crippen LogP contribution < -0.4 is 0 Å². The van der Waals surface area contributed by atoms with E-state index >= 15 is 0 Å². The summed E-state index contributed by atoms with van der Waals surface area (Å²) in [6.07, 6.45) is 5.28. The Morgan fingerprint density at radius 2 is 1.89 bits per heavy atom. The molecule has 198 valence electrons. The predicted molar refractivity (Wildman–Crippen MR) is 139 cm³/mol. The normalized spacial score (nSPS) is 32.1. The lowest BCUT2D eigenvalue weighted by Gasteiger charge is -2.46. The maximum Gasteiger partial charge on any atom is 0.308 e. The van der Waals surface area contributed by atoms with Crippen molar-refractivity contribution in [3.05, 3.63) is 12.7 Å². The van der Waals surface area contributed by atoms with Crippen molar-refractivity contribution in [2.75, 3.05) is 19.7 Å². The van der Waals surface area contributed by atoms with E-state index in [2.05, 4.69) is 48.1 Å². The molecule has 0 saturated carbocycles. The molecule has 3 unspecified atom stereocenters. The molecule has 3 aliphatic heterocycles. The number of carbonyl (C=O) groups is 3. The van der Waals surface area contributed by atoms with Gasteiger partial charge in [-0.25, -0.2) is 0 Å². The predicted octanol–water partition coefficient (Wildman–Crippen LogP) is 3.80. The van der Waals surface area contributed by atoms with E-state index in [1.807, 2.05) is 4.90 Å². The lowest BCUT2D eigenvalue weighted by Crippen LogP contribution is -2.61. The van der Waals surface area contributed by atoms with Gasteiger partial charge in [-0.05, 0) is 57.3 Å². The molecule has 2 amide bonds. The Morgan fingerprint density at radius 1 is 1.23 bits per heavy atom. The highest BCUT2D eigenvalue weighted by molar-refractivity contribution is 8.02. The summed E-state index contributed by atoms with van der Waals surface area (Å²) in [4.78, 5) is 44.3. The maximum absolute atomic E-state index is 14.5. The van der Waals surface area contributed by atoms with Crippen LogP contribution in [0.4, 0.5) is 0 Å². The highest BCUT2D eigenvalue weighted by atomic mass is 32.2. The topological polar surface area (TPSA) is 98.2 Å². The molecule has 3 fully saturated rings. The molecule has 8 heteroatoms. The lowest BCUT2D eigenvalue weighted by molar-refractivity contribution is -0.149. The number of likely N-dealkylation sites (tertiary alicyclic amines) is 1. The third-order valence-electron chi connectivity index (χ3n) is 8.09. The summed E-state index contributed by atoms with van der Waals surface area (Å²) in [5, 5.41) is 19.1. The molecule has 0 aromatic heterocycles. The molecule has 7 nitrogen and oxygen atoms in total. The third-order valence-corrected chi connectivity index (χ3v) is 10.2. The van der Waals surface area contributed by atoms with Gasteiger partial charge < -0.3 is 20.0 Å². The van der Waals surface area contributed by atoms with Gasteiger partial charge in [-0.3, -0.25) is 14.4 Å². The fourth-order valence-electron chi connectivity index (χ4n) is 7.20. The van der Waals surface area contributed by atoms with Crippen LogP contribution in [-0.4, -0.2) is 79.1 Å². The molecular weight excluding hydrogens is 464 g/mol. The summed E-state index contributed by atoms with van der Waals surface area (Å²) >= 11 is 1.58. The van der Waals surface area contributed by atoms with E-state index in [-0.39, 0.29) is 35.0 Å². The van der Waals surface area contributed by atoms with Gasteiger partial charge in [0.2, 0.25) is 11.8 Å². The first kappa shape index (κ1) is 28.0. The van der Waals surface area contributed by atoms with Gasteiger partial charge in [-0.2, -0.15) is 0 Å². The van der Waals surface area contributed by atoms with Crippen LogP contribution in [-0.2, 0) is 14.4 Å². The summed E-state index contributed by atoms with van der Waals surface area (Å²) in [6.45, 7) is 17.4. The van der Waals surface area contributed by atoms with Crippen molar-refractivity contribution in [2.45, 2.75) is 95.2 Å². The minimum absolute atomic E-state index is 0.0121. The number of fused-ring (bicyclic) bond motifs is 1. The second-order valence-corrected chi connectivity index (χ2v) is 14.0. The number of hydrogen-bond acceptors (Lipinski definition) is 5. The molecule has 2 N–H and O–H groups in total. The average molecular weight is 509 g/mol.